The third-order valence-electron chi connectivity index (χ3n) is 3.72. The van der Waals surface area contributed by atoms with Crippen LogP contribution in [0.2, 0.25) is 0 Å². The molecule has 0 radical (unpaired) electrons. The molecule has 3 nitrogen and oxygen atoms in total. The molecule has 3 heteroatoms. The Bertz CT molecular complexity index is 398. The van der Waals surface area contributed by atoms with Crippen LogP contribution in [0.25, 0.3) is 0 Å². The molecule has 0 aromatic carbocycles. The lowest BCUT2D eigenvalue weighted by Gasteiger charge is -2.16. The number of hydrogen-bond donors (Lipinski definition) is 1. The summed E-state index contributed by atoms with van der Waals surface area (Å²) in [6, 6.07) is 2.12. The van der Waals surface area contributed by atoms with E-state index in [1.165, 1.54) is 36.8 Å². The molecule has 0 aliphatic heterocycles. The van der Waals surface area contributed by atoms with Crippen LogP contribution in [0.1, 0.15) is 42.5 Å². The van der Waals surface area contributed by atoms with Crippen molar-refractivity contribution >= 4 is 0 Å². The van der Waals surface area contributed by atoms with E-state index < -0.39 is 0 Å². The van der Waals surface area contributed by atoms with Crippen molar-refractivity contribution in [3.05, 3.63) is 22.9 Å². The van der Waals surface area contributed by atoms with Gasteiger partial charge in [0.15, 0.2) is 0 Å². The maximum Gasteiger partial charge on any atom is 0.218 e. The summed E-state index contributed by atoms with van der Waals surface area (Å²) in [5, 5.41) is 3.19. The summed E-state index contributed by atoms with van der Waals surface area (Å²) in [6.45, 7) is 5.80. The van der Waals surface area contributed by atoms with Crippen molar-refractivity contribution in [2.75, 3.05) is 13.7 Å². The molecule has 2 rings (SSSR count). The third-order valence-corrected chi connectivity index (χ3v) is 3.72. The number of pyridine rings is 1. The fourth-order valence-electron chi connectivity index (χ4n) is 2.71. The molecule has 18 heavy (non-hydrogen) atoms. The Hall–Kier alpha value is -1.09. The van der Waals surface area contributed by atoms with Crippen LogP contribution in [0, 0.1) is 19.8 Å². The molecule has 0 amide bonds. The largest absolute Gasteiger partial charge is 0.477 e. The Morgan fingerprint density at radius 1 is 1.33 bits per heavy atom. The van der Waals surface area contributed by atoms with E-state index in [9.17, 15) is 0 Å². The third kappa shape index (κ3) is 3.22. The van der Waals surface area contributed by atoms with Crippen LogP contribution in [0.4, 0.5) is 0 Å². The number of nitrogens with one attached hydrogen (secondary N) is 1. The molecule has 1 saturated carbocycles. The highest BCUT2D eigenvalue weighted by atomic mass is 16.5. The van der Waals surface area contributed by atoms with Crippen LogP contribution >= 0.6 is 0 Å². The molecule has 1 aromatic heterocycles. The zero-order chi connectivity index (χ0) is 13.0. The first-order valence-corrected chi connectivity index (χ1v) is 6.95. The van der Waals surface area contributed by atoms with E-state index in [1.54, 1.807) is 0 Å². The van der Waals surface area contributed by atoms with Gasteiger partial charge in [-0.05, 0) is 51.3 Å². The van der Waals surface area contributed by atoms with Crippen LogP contribution < -0.4 is 10.1 Å². The molecule has 1 aromatic rings. The van der Waals surface area contributed by atoms with Crippen molar-refractivity contribution in [2.45, 2.75) is 46.1 Å². The number of aromatic nitrogens is 1. The van der Waals surface area contributed by atoms with Crippen LogP contribution in [-0.4, -0.2) is 18.6 Å². The van der Waals surface area contributed by atoms with E-state index in [2.05, 4.69) is 23.3 Å². The average Bonchev–Trinajstić information content (AvgIpc) is 2.83. The first-order chi connectivity index (χ1) is 8.70. The lowest BCUT2D eigenvalue weighted by atomic mass is 10.1. The maximum absolute atomic E-state index is 5.98. The lowest BCUT2D eigenvalue weighted by Crippen LogP contribution is -2.14. The molecule has 0 atom stereocenters. The van der Waals surface area contributed by atoms with Crippen molar-refractivity contribution in [3.8, 4) is 5.88 Å². The van der Waals surface area contributed by atoms with Gasteiger partial charge in [-0.3, -0.25) is 0 Å². The van der Waals surface area contributed by atoms with Gasteiger partial charge >= 0.3 is 0 Å². The quantitative estimate of drug-likeness (QED) is 0.870. The zero-order valence-corrected chi connectivity index (χ0v) is 11.8. The molecule has 0 spiro atoms. The Morgan fingerprint density at radius 3 is 2.72 bits per heavy atom. The van der Waals surface area contributed by atoms with E-state index >= 15 is 0 Å². The van der Waals surface area contributed by atoms with Crippen molar-refractivity contribution < 1.29 is 4.74 Å². The van der Waals surface area contributed by atoms with Gasteiger partial charge in [0.1, 0.15) is 0 Å². The molecule has 1 aliphatic rings. The van der Waals surface area contributed by atoms with Gasteiger partial charge in [-0.2, -0.15) is 0 Å². The van der Waals surface area contributed by atoms with Gasteiger partial charge in [-0.15, -0.1) is 0 Å². The Morgan fingerprint density at radius 2 is 2.06 bits per heavy atom. The van der Waals surface area contributed by atoms with Crippen LogP contribution in [-0.2, 0) is 6.54 Å². The minimum Gasteiger partial charge on any atom is -0.477 e. The number of aryl methyl sites for hydroxylation is 2. The average molecular weight is 248 g/mol. The second-order valence-corrected chi connectivity index (χ2v) is 5.36. The van der Waals surface area contributed by atoms with E-state index in [-0.39, 0.29) is 0 Å². The predicted octanol–water partition coefficient (Wildman–Crippen LogP) is 2.99. The molecule has 1 heterocycles. The van der Waals surface area contributed by atoms with Gasteiger partial charge < -0.3 is 10.1 Å². The molecular formula is C15H24N2O. The molecule has 100 valence electrons. The van der Waals surface area contributed by atoms with Gasteiger partial charge in [0.2, 0.25) is 5.88 Å². The number of hydrogen-bond acceptors (Lipinski definition) is 3. The van der Waals surface area contributed by atoms with Gasteiger partial charge in [0.25, 0.3) is 0 Å². The Kier molecular flexibility index (Phi) is 4.59. The van der Waals surface area contributed by atoms with Crippen LogP contribution in [0.3, 0.4) is 0 Å². The zero-order valence-electron chi connectivity index (χ0n) is 11.8. The SMILES string of the molecule is CNCc1c(C)cc(C)nc1OCC1CCCC1. The van der Waals surface area contributed by atoms with E-state index in [0.29, 0.717) is 0 Å². The van der Waals surface area contributed by atoms with Crippen molar-refractivity contribution in [1.82, 2.24) is 10.3 Å². The molecule has 1 fully saturated rings. The lowest BCUT2D eigenvalue weighted by molar-refractivity contribution is 0.240. The van der Waals surface area contributed by atoms with Crippen molar-refractivity contribution in [2.24, 2.45) is 5.92 Å². The number of ether oxygens (including phenoxy) is 1. The minimum absolute atomic E-state index is 0.732. The topological polar surface area (TPSA) is 34.2 Å². The second kappa shape index (κ2) is 6.19. The molecule has 0 saturated heterocycles. The highest BCUT2D eigenvalue weighted by Crippen LogP contribution is 2.27. The molecular weight excluding hydrogens is 224 g/mol. The smallest absolute Gasteiger partial charge is 0.218 e. The first-order valence-electron chi connectivity index (χ1n) is 6.95. The molecule has 0 unspecified atom stereocenters. The molecule has 1 N–H and O–H groups in total. The summed E-state index contributed by atoms with van der Waals surface area (Å²) in [6.07, 6.45) is 5.34. The van der Waals surface area contributed by atoms with E-state index in [1.807, 2.05) is 14.0 Å². The number of rotatable bonds is 5. The maximum atomic E-state index is 5.98. The minimum atomic E-state index is 0.732. The number of nitrogens with zero attached hydrogens (tertiary/aromatic N) is 1. The summed E-state index contributed by atoms with van der Waals surface area (Å²) in [5.74, 6) is 1.56. The summed E-state index contributed by atoms with van der Waals surface area (Å²) >= 11 is 0. The summed E-state index contributed by atoms with van der Waals surface area (Å²) in [7, 11) is 1.96. The van der Waals surface area contributed by atoms with Crippen molar-refractivity contribution in [3.63, 3.8) is 0 Å². The van der Waals surface area contributed by atoms with Gasteiger partial charge in [-0.1, -0.05) is 12.8 Å². The highest BCUT2D eigenvalue weighted by molar-refractivity contribution is 5.35. The predicted molar refractivity (Wildman–Crippen MR) is 73.9 cm³/mol. The van der Waals surface area contributed by atoms with Gasteiger partial charge in [0, 0.05) is 17.8 Å². The molecule has 0 bridgehead atoms. The van der Waals surface area contributed by atoms with Crippen LogP contribution in [0.15, 0.2) is 6.07 Å². The summed E-state index contributed by atoms with van der Waals surface area (Å²) in [5.41, 5.74) is 3.49. The van der Waals surface area contributed by atoms with E-state index in [4.69, 9.17) is 4.74 Å². The van der Waals surface area contributed by atoms with Crippen LogP contribution in [0.5, 0.6) is 5.88 Å². The summed E-state index contributed by atoms with van der Waals surface area (Å²) < 4.78 is 5.98. The fourth-order valence-corrected chi connectivity index (χ4v) is 2.71. The standard InChI is InChI=1S/C15H24N2O/c1-11-8-12(2)17-15(14(11)9-16-3)18-10-13-6-4-5-7-13/h8,13,16H,4-7,9-10H2,1-3H3. The fraction of sp³-hybridized carbons (Fsp3) is 0.667. The monoisotopic (exact) mass is 248 g/mol. The van der Waals surface area contributed by atoms with Gasteiger partial charge in [0.05, 0.1) is 6.61 Å². The molecule has 1 aliphatic carbocycles. The van der Waals surface area contributed by atoms with Crippen molar-refractivity contribution in [1.29, 1.82) is 0 Å². The normalized spacial score (nSPS) is 16.2. The first kappa shape index (κ1) is 13.3. The second-order valence-electron chi connectivity index (χ2n) is 5.36. The van der Waals surface area contributed by atoms with Gasteiger partial charge in [-0.25, -0.2) is 4.98 Å². The highest BCUT2D eigenvalue weighted by Gasteiger charge is 2.17. The Balaban J connectivity index is 2.08. The van der Waals surface area contributed by atoms with E-state index in [0.717, 1.165) is 30.6 Å². The summed E-state index contributed by atoms with van der Waals surface area (Å²) in [4.78, 5) is 4.55. The Labute approximate surface area is 110 Å².